The van der Waals surface area contributed by atoms with Crippen molar-refractivity contribution in [3.63, 3.8) is 0 Å². The van der Waals surface area contributed by atoms with Gasteiger partial charge in [0.25, 0.3) is 0 Å². The molecule has 0 saturated heterocycles. The van der Waals surface area contributed by atoms with Gasteiger partial charge >= 0.3 is 0 Å². The molecule has 1 unspecified atom stereocenters. The van der Waals surface area contributed by atoms with Crippen LogP contribution in [0.2, 0.25) is 0 Å². The number of ether oxygens (including phenoxy) is 2. The molecule has 2 aromatic rings. The summed E-state index contributed by atoms with van der Waals surface area (Å²) in [7, 11) is 1.52. The molecule has 0 aliphatic heterocycles. The summed E-state index contributed by atoms with van der Waals surface area (Å²) in [6.45, 7) is 4.47. The molecule has 0 saturated carbocycles. The highest BCUT2D eigenvalue weighted by molar-refractivity contribution is 5.50. The van der Waals surface area contributed by atoms with Crippen molar-refractivity contribution in [3.05, 3.63) is 53.8 Å². The molecule has 0 fully saturated rings. The minimum absolute atomic E-state index is 0.159. The van der Waals surface area contributed by atoms with Crippen LogP contribution in [-0.4, -0.2) is 13.7 Å². The Morgan fingerprint density at radius 2 is 1.95 bits per heavy atom. The number of benzene rings is 2. The molecule has 4 heteroatoms. The molecule has 0 aliphatic carbocycles. The molecule has 3 nitrogen and oxygen atoms in total. The average Bonchev–Trinajstić information content (AvgIpc) is 2.47. The topological polar surface area (TPSA) is 30.5 Å². The van der Waals surface area contributed by atoms with Gasteiger partial charge in [0.2, 0.25) is 0 Å². The Bertz CT molecular complexity index is 601. The summed E-state index contributed by atoms with van der Waals surface area (Å²) in [6.07, 6.45) is 0. The van der Waals surface area contributed by atoms with Crippen LogP contribution in [0.1, 0.15) is 25.5 Å². The Morgan fingerprint density at radius 1 is 1.14 bits per heavy atom. The molecular formula is C17H20FNO2. The third-order valence-electron chi connectivity index (χ3n) is 3.20. The molecule has 0 radical (unpaired) electrons. The molecule has 0 aromatic heterocycles. The summed E-state index contributed by atoms with van der Waals surface area (Å²) >= 11 is 0. The number of rotatable bonds is 6. The Balaban J connectivity index is 2.14. The van der Waals surface area contributed by atoms with E-state index in [4.69, 9.17) is 9.47 Å². The Hall–Kier alpha value is -2.23. The van der Waals surface area contributed by atoms with Crippen LogP contribution in [0.5, 0.6) is 11.5 Å². The number of halogens is 1. The first kappa shape index (κ1) is 15.2. The molecule has 2 aromatic carbocycles. The van der Waals surface area contributed by atoms with Gasteiger partial charge in [-0.3, -0.25) is 0 Å². The van der Waals surface area contributed by atoms with Crippen LogP contribution in [0.15, 0.2) is 42.5 Å². The van der Waals surface area contributed by atoms with Gasteiger partial charge in [-0.1, -0.05) is 12.1 Å². The molecule has 0 aliphatic rings. The van der Waals surface area contributed by atoms with Crippen LogP contribution in [0.25, 0.3) is 0 Å². The third-order valence-corrected chi connectivity index (χ3v) is 3.20. The van der Waals surface area contributed by atoms with Crippen molar-refractivity contribution in [2.24, 2.45) is 0 Å². The summed E-state index contributed by atoms with van der Waals surface area (Å²) < 4.78 is 24.5. The first-order valence-corrected chi connectivity index (χ1v) is 6.97. The maximum atomic E-state index is 14.0. The molecule has 112 valence electrons. The van der Waals surface area contributed by atoms with Gasteiger partial charge in [-0.2, -0.15) is 0 Å². The van der Waals surface area contributed by atoms with Crippen molar-refractivity contribution in [3.8, 4) is 11.5 Å². The van der Waals surface area contributed by atoms with E-state index >= 15 is 0 Å². The lowest BCUT2D eigenvalue weighted by molar-refractivity contribution is 0.340. The lowest BCUT2D eigenvalue weighted by Gasteiger charge is -2.17. The van der Waals surface area contributed by atoms with Crippen LogP contribution < -0.4 is 14.8 Å². The smallest absolute Gasteiger partial charge is 0.132 e. The molecule has 0 bridgehead atoms. The van der Waals surface area contributed by atoms with Crippen molar-refractivity contribution in [2.45, 2.75) is 19.9 Å². The fourth-order valence-electron chi connectivity index (χ4n) is 2.16. The molecule has 0 heterocycles. The lowest BCUT2D eigenvalue weighted by atomic mass is 10.1. The second kappa shape index (κ2) is 6.97. The van der Waals surface area contributed by atoms with E-state index < -0.39 is 0 Å². The zero-order chi connectivity index (χ0) is 15.2. The monoisotopic (exact) mass is 289 g/mol. The van der Waals surface area contributed by atoms with Crippen molar-refractivity contribution in [1.82, 2.24) is 0 Å². The summed E-state index contributed by atoms with van der Waals surface area (Å²) in [5.41, 5.74) is 1.49. The van der Waals surface area contributed by atoms with Crippen molar-refractivity contribution in [2.75, 3.05) is 19.0 Å². The zero-order valence-corrected chi connectivity index (χ0v) is 12.5. The predicted molar refractivity (Wildman–Crippen MR) is 82.6 cm³/mol. The minimum atomic E-state index is -0.282. The molecular weight excluding hydrogens is 269 g/mol. The van der Waals surface area contributed by atoms with Crippen molar-refractivity contribution >= 4 is 5.69 Å². The Kier molecular flexibility index (Phi) is 5.04. The fourth-order valence-corrected chi connectivity index (χ4v) is 2.16. The van der Waals surface area contributed by atoms with Crippen molar-refractivity contribution < 1.29 is 13.9 Å². The van der Waals surface area contributed by atoms with E-state index in [1.807, 2.05) is 38.1 Å². The number of hydrogen-bond acceptors (Lipinski definition) is 3. The highest BCUT2D eigenvalue weighted by Gasteiger charge is 2.12. The van der Waals surface area contributed by atoms with E-state index in [9.17, 15) is 4.39 Å². The van der Waals surface area contributed by atoms with Crippen molar-refractivity contribution in [1.29, 1.82) is 0 Å². The maximum absolute atomic E-state index is 14.0. The van der Waals surface area contributed by atoms with Gasteiger partial charge in [0.15, 0.2) is 0 Å². The third kappa shape index (κ3) is 3.88. The van der Waals surface area contributed by atoms with Gasteiger partial charge in [-0.15, -0.1) is 0 Å². The summed E-state index contributed by atoms with van der Waals surface area (Å²) in [5, 5.41) is 3.27. The lowest BCUT2D eigenvalue weighted by Crippen LogP contribution is -2.08. The fraction of sp³-hybridized carbons (Fsp3) is 0.294. The van der Waals surface area contributed by atoms with Crippen LogP contribution in [-0.2, 0) is 0 Å². The Morgan fingerprint density at radius 3 is 2.62 bits per heavy atom. The highest BCUT2D eigenvalue weighted by atomic mass is 19.1. The quantitative estimate of drug-likeness (QED) is 0.854. The molecule has 1 N–H and O–H groups in total. The largest absolute Gasteiger partial charge is 0.497 e. The van der Waals surface area contributed by atoms with E-state index in [0.29, 0.717) is 17.9 Å². The standard InChI is InChI=1S/C17H20FNO2/c1-4-21-15-7-5-6-13(10-15)19-12(2)16-9-8-14(20-3)11-17(16)18/h5-12,19H,4H2,1-3H3. The van der Waals surface area contributed by atoms with Gasteiger partial charge in [-0.25, -0.2) is 4.39 Å². The van der Waals surface area contributed by atoms with Crippen LogP contribution >= 0.6 is 0 Å². The second-order valence-electron chi connectivity index (χ2n) is 4.71. The molecule has 21 heavy (non-hydrogen) atoms. The van der Waals surface area contributed by atoms with E-state index in [-0.39, 0.29) is 11.9 Å². The molecule has 2 rings (SSSR count). The number of nitrogens with one attached hydrogen (secondary N) is 1. The van der Waals surface area contributed by atoms with Gasteiger partial charge in [0, 0.05) is 23.4 Å². The zero-order valence-electron chi connectivity index (χ0n) is 12.5. The van der Waals surface area contributed by atoms with Gasteiger partial charge < -0.3 is 14.8 Å². The predicted octanol–water partition coefficient (Wildman–Crippen LogP) is 4.41. The molecule has 0 spiro atoms. The van der Waals surface area contributed by atoms with E-state index in [0.717, 1.165) is 11.4 Å². The number of hydrogen-bond donors (Lipinski definition) is 1. The molecule has 1 atom stereocenters. The van der Waals surface area contributed by atoms with E-state index in [1.54, 1.807) is 12.1 Å². The minimum Gasteiger partial charge on any atom is -0.497 e. The summed E-state index contributed by atoms with van der Waals surface area (Å²) in [4.78, 5) is 0. The number of methoxy groups -OCH3 is 1. The van der Waals surface area contributed by atoms with E-state index in [1.165, 1.54) is 13.2 Å². The normalized spacial score (nSPS) is 11.8. The van der Waals surface area contributed by atoms with Gasteiger partial charge in [0.05, 0.1) is 19.8 Å². The SMILES string of the molecule is CCOc1cccc(NC(C)c2ccc(OC)cc2F)c1. The van der Waals surface area contributed by atoms with Gasteiger partial charge in [0.1, 0.15) is 17.3 Å². The van der Waals surface area contributed by atoms with E-state index in [2.05, 4.69) is 5.32 Å². The van der Waals surface area contributed by atoms with Crippen LogP contribution in [0, 0.1) is 5.82 Å². The Labute approximate surface area is 124 Å². The summed E-state index contributed by atoms with van der Waals surface area (Å²) in [5.74, 6) is 1.03. The first-order valence-electron chi connectivity index (χ1n) is 6.97. The number of anilines is 1. The van der Waals surface area contributed by atoms with Gasteiger partial charge in [-0.05, 0) is 32.0 Å². The molecule has 0 amide bonds. The average molecular weight is 289 g/mol. The second-order valence-corrected chi connectivity index (χ2v) is 4.71. The highest BCUT2D eigenvalue weighted by Crippen LogP contribution is 2.26. The first-order chi connectivity index (χ1) is 10.1. The van der Waals surface area contributed by atoms with Crippen LogP contribution in [0.3, 0.4) is 0 Å². The maximum Gasteiger partial charge on any atom is 0.132 e. The summed E-state index contributed by atoms with van der Waals surface area (Å²) in [6, 6.07) is 12.4. The van der Waals surface area contributed by atoms with Crippen LogP contribution in [0.4, 0.5) is 10.1 Å².